The highest BCUT2D eigenvalue weighted by molar-refractivity contribution is 6.35. The zero-order valence-corrected chi connectivity index (χ0v) is 16.1. The molecule has 1 amide bonds. The van der Waals surface area contributed by atoms with Gasteiger partial charge in [0.2, 0.25) is 5.91 Å². The van der Waals surface area contributed by atoms with Gasteiger partial charge in [-0.1, -0.05) is 41.4 Å². The second-order valence-corrected chi connectivity index (χ2v) is 7.16. The van der Waals surface area contributed by atoms with Crippen LogP contribution >= 0.6 is 23.2 Å². The van der Waals surface area contributed by atoms with Crippen LogP contribution in [0.1, 0.15) is 47.2 Å². The topological polar surface area (TPSA) is 29.1 Å². The van der Waals surface area contributed by atoms with Crippen molar-refractivity contribution in [1.82, 2.24) is 5.32 Å². The van der Waals surface area contributed by atoms with Crippen LogP contribution in [0.4, 0.5) is 0 Å². The van der Waals surface area contributed by atoms with Crippen LogP contribution in [-0.2, 0) is 11.2 Å². The van der Waals surface area contributed by atoms with Gasteiger partial charge >= 0.3 is 0 Å². The minimum Gasteiger partial charge on any atom is -0.350 e. The van der Waals surface area contributed by atoms with Gasteiger partial charge in [-0.3, -0.25) is 4.79 Å². The predicted octanol–water partition coefficient (Wildman–Crippen LogP) is 5.73. The Hall–Kier alpha value is -1.51. The second kappa shape index (κ2) is 8.04. The summed E-state index contributed by atoms with van der Waals surface area (Å²) in [6.45, 7) is 8.29. The van der Waals surface area contributed by atoms with Gasteiger partial charge in [0, 0.05) is 16.5 Å². The van der Waals surface area contributed by atoms with E-state index in [4.69, 9.17) is 23.2 Å². The Morgan fingerprint density at radius 1 is 1.04 bits per heavy atom. The van der Waals surface area contributed by atoms with E-state index in [0.717, 1.165) is 11.1 Å². The number of hydrogen-bond donors (Lipinski definition) is 1. The summed E-state index contributed by atoms with van der Waals surface area (Å²) >= 11 is 12.0. The molecule has 0 unspecified atom stereocenters. The first-order valence-electron chi connectivity index (χ1n) is 8.09. The summed E-state index contributed by atoms with van der Waals surface area (Å²) in [5.74, 6) is 0.0196. The van der Waals surface area contributed by atoms with Crippen LogP contribution in [0.25, 0.3) is 0 Å². The standard InChI is InChI=1S/C20H23Cl2NO/c1-12-9-14(3)18(10-13(12)2)15(4)23-20(24)8-6-16-5-7-17(21)11-19(16)22/h5,7,9-11,15H,6,8H2,1-4H3,(H,23,24)/t15-/m1/s1. The van der Waals surface area contributed by atoms with Crippen molar-refractivity contribution in [1.29, 1.82) is 0 Å². The molecule has 0 aromatic heterocycles. The molecule has 0 heterocycles. The van der Waals surface area contributed by atoms with E-state index in [1.54, 1.807) is 12.1 Å². The summed E-state index contributed by atoms with van der Waals surface area (Å²) in [4.78, 5) is 12.3. The van der Waals surface area contributed by atoms with Crippen LogP contribution in [0.15, 0.2) is 30.3 Å². The maximum Gasteiger partial charge on any atom is 0.220 e. The number of hydrogen-bond acceptors (Lipinski definition) is 1. The number of aryl methyl sites for hydroxylation is 4. The molecule has 0 aliphatic heterocycles. The molecule has 2 aromatic rings. The normalized spacial score (nSPS) is 12.1. The van der Waals surface area contributed by atoms with Crippen molar-refractivity contribution in [2.75, 3.05) is 0 Å². The smallest absolute Gasteiger partial charge is 0.220 e. The number of benzene rings is 2. The van der Waals surface area contributed by atoms with Crippen molar-refractivity contribution in [3.63, 3.8) is 0 Å². The van der Waals surface area contributed by atoms with Gasteiger partial charge in [0.25, 0.3) is 0 Å². The van der Waals surface area contributed by atoms with Gasteiger partial charge in [-0.05, 0) is 74.1 Å². The molecule has 2 aromatic carbocycles. The molecule has 2 nitrogen and oxygen atoms in total. The van der Waals surface area contributed by atoms with Crippen LogP contribution in [0, 0.1) is 20.8 Å². The molecule has 0 radical (unpaired) electrons. The number of carbonyl (C=O) groups excluding carboxylic acids is 1. The van der Waals surface area contributed by atoms with Crippen LogP contribution < -0.4 is 5.32 Å². The molecule has 1 N–H and O–H groups in total. The Morgan fingerprint density at radius 3 is 2.38 bits per heavy atom. The number of nitrogens with one attached hydrogen (secondary N) is 1. The molecule has 0 bridgehead atoms. The SMILES string of the molecule is Cc1cc(C)c([C@@H](C)NC(=O)CCc2ccc(Cl)cc2Cl)cc1C. The summed E-state index contributed by atoms with van der Waals surface area (Å²) in [7, 11) is 0. The molecule has 1 atom stereocenters. The van der Waals surface area contributed by atoms with E-state index in [1.165, 1.54) is 16.7 Å². The lowest BCUT2D eigenvalue weighted by molar-refractivity contribution is -0.121. The van der Waals surface area contributed by atoms with E-state index >= 15 is 0 Å². The molecule has 0 saturated heterocycles. The first-order valence-corrected chi connectivity index (χ1v) is 8.84. The van der Waals surface area contributed by atoms with Gasteiger partial charge in [-0.25, -0.2) is 0 Å². The average Bonchev–Trinajstić information content (AvgIpc) is 2.50. The van der Waals surface area contributed by atoms with Crippen molar-refractivity contribution in [2.24, 2.45) is 0 Å². The maximum absolute atomic E-state index is 12.3. The Labute approximate surface area is 154 Å². The number of amides is 1. The van der Waals surface area contributed by atoms with E-state index in [2.05, 4.69) is 38.2 Å². The van der Waals surface area contributed by atoms with Crippen molar-refractivity contribution in [3.05, 3.63) is 68.2 Å². The molecular formula is C20H23Cl2NO. The van der Waals surface area contributed by atoms with E-state index in [9.17, 15) is 4.79 Å². The molecule has 0 aliphatic rings. The fourth-order valence-corrected chi connectivity index (χ4v) is 3.32. The molecule has 24 heavy (non-hydrogen) atoms. The summed E-state index contributed by atoms with van der Waals surface area (Å²) in [6, 6.07) is 9.68. The van der Waals surface area contributed by atoms with Gasteiger partial charge in [-0.15, -0.1) is 0 Å². The van der Waals surface area contributed by atoms with E-state index < -0.39 is 0 Å². The van der Waals surface area contributed by atoms with E-state index in [-0.39, 0.29) is 11.9 Å². The number of carbonyl (C=O) groups is 1. The fourth-order valence-electron chi connectivity index (χ4n) is 2.81. The zero-order chi connectivity index (χ0) is 17.9. The first-order chi connectivity index (χ1) is 11.3. The second-order valence-electron chi connectivity index (χ2n) is 6.32. The molecule has 4 heteroatoms. The Bertz CT molecular complexity index is 756. The Morgan fingerprint density at radius 2 is 1.71 bits per heavy atom. The first kappa shape index (κ1) is 18.8. The van der Waals surface area contributed by atoms with Gasteiger partial charge in [0.15, 0.2) is 0 Å². The molecule has 128 valence electrons. The molecular weight excluding hydrogens is 341 g/mol. The van der Waals surface area contributed by atoms with Gasteiger partial charge in [0.05, 0.1) is 6.04 Å². The van der Waals surface area contributed by atoms with Crippen molar-refractivity contribution < 1.29 is 4.79 Å². The fraction of sp³-hybridized carbons (Fsp3) is 0.350. The molecule has 0 fully saturated rings. The maximum atomic E-state index is 12.3. The molecule has 0 aliphatic carbocycles. The molecule has 0 spiro atoms. The number of rotatable bonds is 5. The summed E-state index contributed by atoms with van der Waals surface area (Å²) in [5, 5.41) is 4.29. The summed E-state index contributed by atoms with van der Waals surface area (Å²) in [6.07, 6.45) is 0.996. The largest absolute Gasteiger partial charge is 0.350 e. The lowest BCUT2D eigenvalue weighted by Crippen LogP contribution is -2.27. The van der Waals surface area contributed by atoms with Crippen molar-refractivity contribution in [2.45, 2.75) is 46.6 Å². The van der Waals surface area contributed by atoms with Crippen LogP contribution in [-0.4, -0.2) is 5.91 Å². The monoisotopic (exact) mass is 363 g/mol. The summed E-state index contributed by atoms with van der Waals surface area (Å²) in [5.41, 5.74) is 5.81. The quantitative estimate of drug-likeness (QED) is 0.721. The van der Waals surface area contributed by atoms with Crippen molar-refractivity contribution >= 4 is 29.1 Å². The van der Waals surface area contributed by atoms with Gasteiger partial charge < -0.3 is 5.32 Å². The average molecular weight is 364 g/mol. The third-order valence-electron chi connectivity index (χ3n) is 4.36. The third-order valence-corrected chi connectivity index (χ3v) is 4.95. The van der Waals surface area contributed by atoms with Crippen molar-refractivity contribution in [3.8, 4) is 0 Å². The minimum atomic E-state index is -0.0162. The predicted molar refractivity (Wildman–Crippen MR) is 102 cm³/mol. The Kier molecular flexibility index (Phi) is 6.31. The molecule has 2 rings (SSSR count). The van der Waals surface area contributed by atoms with Crippen LogP contribution in [0.2, 0.25) is 10.0 Å². The summed E-state index contributed by atoms with van der Waals surface area (Å²) < 4.78 is 0. The highest BCUT2D eigenvalue weighted by Crippen LogP contribution is 2.23. The molecule has 0 saturated carbocycles. The Balaban J connectivity index is 1.98. The van der Waals surface area contributed by atoms with Crippen LogP contribution in [0.3, 0.4) is 0 Å². The zero-order valence-electron chi connectivity index (χ0n) is 14.5. The van der Waals surface area contributed by atoms with Crippen LogP contribution in [0.5, 0.6) is 0 Å². The van der Waals surface area contributed by atoms with Gasteiger partial charge in [0.1, 0.15) is 0 Å². The minimum absolute atomic E-state index is 0.0162. The highest BCUT2D eigenvalue weighted by Gasteiger charge is 2.13. The van der Waals surface area contributed by atoms with E-state index in [0.29, 0.717) is 22.9 Å². The van der Waals surface area contributed by atoms with E-state index in [1.807, 2.05) is 13.0 Å². The van der Waals surface area contributed by atoms with Gasteiger partial charge in [-0.2, -0.15) is 0 Å². The highest BCUT2D eigenvalue weighted by atomic mass is 35.5. The lowest BCUT2D eigenvalue weighted by Gasteiger charge is -2.18. The third kappa shape index (κ3) is 4.75. The lowest BCUT2D eigenvalue weighted by atomic mass is 9.96. The number of halogens is 2.